The predicted molar refractivity (Wildman–Crippen MR) is 77.0 cm³/mol. The Bertz CT molecular complexity index is 478. The molecule has 4 atom stereocenters. The van der Waals surface area contributed by atoms with Gasteiger partial charge in [0.1, 0.15) is 6.54 Å². The number of carbonyl (C=O) groups excluding carboxylic acids is 3. The van der Waals surface area contributed by atoms with E-state index in [9.17, 15) is 14.4 Å². The average molecular weight is 290 g/mol. The lowest BCUT2D eigenvalue weighted by Crippen LogP contribution is -2.43. The lowest BCUT2D eigenvalue weighted by Gasteiger charge is -2.38. The highest BCUT2D eigenvalue weighted by Gasteiger charge is 2.56. The van der Waals surface area contributed by atoms with Crippen LogP contribution in [0.5, 0.6) is 0 Å². The van der Waals surface area contributed by atoms with Gasteiger partial charge >= 0.3 is 0 Å². The molecule has 2 fully saturated rings. The first kappa shape index (κ1) is 14.3. The van der Waals surface area contributed by atoms with E-state index in [-0.39, 0.29) is 47.9 Å². The van der Waals surface area contributed by atoms with E-state index in [0.29, 0.717) is 13.1 Å². The number of likely N-dealkylation sites (N-methyl/N-ethyl adjacent to an activating group) is 1. The molecule has 1 aliphatic heterocycles. The number of likely N-dealkylation sites (tertiary alicyclic amines) is 1. The Balaban J connectivity index is 1.78. The Morgan fingerprint density at radius 1 is 1.10 bits per heavy atom. The van der Waals surface area contributed by atoms with Gasteiger partial charge in [-0.15, -0.1) is 0 Å². The zero-order valence-corrected chi connectivity index (χ0v) is 12.6. The first-order chi connectivity index (χ1) is 10.1. The van der Waals surface area contributed by atoms with Crippen molar-refractivity contribution in [3.63, 3.8) is 0 Å². The maximum atomic E-state index is 12.6. The molecule has 0 aromatic carbocycles. The molecule has 4 rings (SSSR count). The van der Waals surface area contributed by atoms with E-state index in [1.54, 1.807) is 4.90 Å². The minimum absolute atomic E-state index is 0.0915. The van der Waals surface area contributed by atoms with Crippen molar-refractivity contribution in [3.05, 3.63) is 12.2 Å². The lowest BCUT2D eigenvalue weighted by molar-refractivity contribution is -0.146. The van der Waals surface area contributed by atoms with E-state index >= 15 is 0 Å². The van der Waals surface area contributed by atoms with Gasteiger partial charge in [0.25, 0.3) is 0 Å². The Labute approximate surface area is 125 Å². The van der Waals surface area contributed by atoms with Gasteiger partial charge in [0, 0.05) is 13.1 Å². The summed E-state index contributed by atoms with van der Waals surface area (Å²) in [6.07, 6.45) is 6.16. The van der Waals surface area contributed by atoms with Gasteiger partial charge in [0.2, 0.25) is 17.7 Å². The fourth-order valence-corrected chi connectivity index (χ4v) is 4.10. The summed E-state index contributed by atoms with van der Waals surface area (Å²) in [4.78, 5) is 40.2. The molecule has 5 heteroatoms. The summed E-state index contributed by atoms with van der Waals surface area (Å²) in [6.45, 7) is 4.92. The largest absolute Gasteiger partial charge is 0.342 e. The van der Waals surface area contributed by atoms with Gasteiger partial charge in [-0.2, -0.15) is 0 Å². The third-order valence-corrected chi connectivity index (χ3v) is 5.26. The molecule has 0 spiro atoms. The van der Waals surface area contributed by atoms with E-state index in [0.717, 1.165) is 12.8 Å². The van der Waals surface area contributed by atoms with Crippen LogP contribution in [0.3, 0.4) is 0 Å². The van der Waals surface area contributed by atoms with Crippen LogP contribution in [-0.2, 0) is 14.4 Å². The van der Waals surface area contributed by atoms with Crippen molar-refractivity contribution in [2.24, 2.45) is 23.7 Å². The normalized spacial score (nSPS) is 33.5. The van der Waals surface area contributed by atoms with Crippen LogP contribution in [-0.4, -0.2) is 47.2 Å². The second kappa shape index (κ2) is 5.28. The van der Waals surface area contributed by atoms with Crippen molar-refractivity contribution >= 4 is 17.7 Å². The van der Waals surface area contributed by atoms with Gasteiger partial charge < -0.3 is 4.90 Å². The summed E-state index contributed by atoms with van der Waals surface area (Å²) in [5.41, 5.74) is 0. The fraction of sp³-hybridized carbons (Fsp3) is 0.688. The van der Waals surface area contributed by atoms with Crippen molar-refractivity contribution < 1.29 is 14.4 Å². The van der Waals surface area contributed by atoms with Gasteiger partial charge in [-0.1, -0.05) is 12.2 Å². The highest BCUT2D eigenvalue weighted by Crippen LogP contribution is 2.49. The lowest BCUT2D eigenvalue weighted by atomic mass is 9.63. The van der Waals surface area contributed by atoms with Crippen LogP contribution >= 0.6 is 0 Å². The maximum absolute atomic E-state index is 12.6. The minimum atomic E-state index is -0.217. The second-order valence-corrected chi connectivity index (χ2v) is 6.17. The molecule has 0 radical (unpaired) electrons. The molecule has 0 aromatic heterocycles. The van der Waals surface area contributed by atoms with Gasteiger partial charge in [0.05, 0.1) is 11.8 Å². The van der Waals surface area contributed by atoms with Crippen molar-refractivity contribution in [1.82, 2.24) is 9.80 Å². The number of hydrogen-bond donors (Lipinski definition) is 0. The van der Waals surface area contributed by atoms with E-state index in [1.807, 2.05) is 13.8 Å². The molecule has 1 heterocycles. The standard InChI is InChI=1S/C16H22N2O3/c1-3-17(4-2)12(19)9-18-15(20)13-10-5-6-11(8-7-10)14(13)16(18)21/h5-6,10-11,13-14H,3-4,7-9H2,1-2H3/t10-,11-,13-,14-/m0/s1. The number of imide groups is 1. The SMILES string of the molecule is CCN(CC)C(=O)CN1C(=O)[C@@H]2[C@@H](C1=O)[C@H]1C=C[C@H]2CC1. The highest BCUT2D eigenvalue weighted by atomic mass is 16.2. The third kappa shape index (κ3) is 2.10. The molecule has 4 aliphatic rings. The fourth-order valence-electron chi connectivity index (χ4n) is 4.10. The van der Waals surface area contributed by atoms with Crippen molar-refractivity contribution in [2.75, 3.05) is 19.6 Å². The molecule has 0 N–H and O–H groups in total. The summed E-state index contributed by atoms with van der Waals surface area (Å²) < 4.78 is 0. The van der Waals surface area contributed by atoms with Gasteiger partial charge in [-0.25, -0.2) is 0 Å². The number of hydrogen-bond acceptors (Lipinski definition) is 3. The number of nitrogens with zero attached hydrogens (tertiary/aromatic N) is 2. The summed E-state index contributed by atoms with van der Waals surface area (Å²) in [5, 5.41) is 0. The zero-order chi connectivity index (χ0) is 15.1. The van der Waals surface area contributed by atoms with Gasteiger partial charge in [-0.3, -0.25) is 19.3 Å². The number of amides is 3. The molecule has 3 amide bonds. The Morgan fingerprint density at radius 3 is 1.95 bits per heavy atom. The minimum Gasteiger partial charge on any atom is -0.342 e. The van der Waals surface area contributed by atoms with Crippen molar-refractivity contribution in [3.8, 4) is 0 Å². The molecule has 5 nitrogen and oxygen atoms in total. The molecule has 0 unspecified atom stereocenters. The quantitative estimate of drug-likeness (QED) is 0.574. The predicted octanol–water partition coefficient (Wildman–Crippen LogP) is 1.05. The molecule has 1 saturated carbocycles. The zero-order valence-electron chi connectivity index (χ0n) is 12.6. The summed E-state index contributed by atoms with van der Waals surface area (Å²) in [7, 11) is 0. The third-order valence-electron chi connectivity index (χ3n) is 5.26. The summed E-state index contributed by atoms with van der Waals surface area (Å²) in [6, 6.07) is 0. The van der Waals surface area contributed by atoms with Crippen molar-refractivity contribution in [2.45, 2.75) is 26.7 Å². The average Bonchev–Trinajstić information content (AvgIpc) is 2.77. The van der Waals surface area contributed by atoms with Crippen LogP contribution in [0.25, 0.3) is 0 Å². The van der Waals surface area contributed by atoms with Crippen LogP contribution < -0.4 is 0 Å². The number of allylic oxidation sites excluding steroid dienone is 2. The van der Waals surface area contributed by atoms with E-state index in [1.165, 1.54) is 4.90 Å². The first-order valence-electron chi connectivity index (χ1n) is 7.89. The molecule has 3 aliphatic carbocycles. The monoisotopic (exact) mass is 290 g/mol. The van der Waals surface area contributed by atoms with Gasteiger partial charge in [-0.05, 0) is 38.5 Å². The second-order valence-electron chi connectivity index (χ2n) is 6.17. The molecular weight excluding hydrogens is 268 g/mol. The van der Waals surface area contributed by atoms with Gasteiger partial charge in [0.15, 0.2) is 0 Å². The Morgan fingerprint density at radius 2 is 1.57 bits per heavy atom. The molecular formula is C16H22N2O3. The summed E-state index contributed by atoms with van der Waals surface area (Å²) >= 11 is 0. The summed E-state index contributed by atoms with van der Waals surface area (Å²) in [5.74, 6) is -0.471. The molecule has 1 saturated heterocycles. The van der Waals surface area contributed by atoms with Crippen LogP contribution in [0.2, 0.25) is 0 Å². The Hall–Kier alpha value is -1.65. The number of fused-ring (bicyclic) bond motifs is 1. The molecule has 0 aromatic rings. The smallest absolute Gasteiger partial charge is 0.242 e. The van der Waals surface area contributed by atoms with Crippen LogP contribution in [0.4, 0.5) is 0 Å². The van der Waals surface area contributed by atoms with E-state index < -0.39 is 0 Å². The Kier molecular flexibility index (Phi) is 3.59. The molecule has 114 valence electrons. The van der Waals surface area contributed by atoms with Crippen LogP contribution in [0.15, 0.2) is 12.2 Å². The first-order valence-corrected chi connectivity index (χ1v) is 7.89. The van der Waals surface area contributed by atoms with Crippen LogP contribution in [0, 0.1) is 23.7 Å². The molecule has 21 heavy (non-hydrogen) atoms. The van der Waals surface area contributed by atoms with E-state index in [4.69, 9.17) is 0 Å². The highest BCUT2D eigenvalue weighted by molar-refractivity contribution is 6.08. The van der Waals surface area contributed by atoms with Crippen molar-refractivity contribution in [1.29, 1.82) is 0 Å². The van der Waals surface area contributed by atoms with E-state index in [2.05, 4.69) is 12.2 Å². The van der Waals surface area contributed by atoms with Crippen LogP contribution in [0.1, 0.15) is 26.7 Å². The number of carbonyl (C=O) groups is 3. The maximum Gasteiger partial charge on any atom is 0.242 e. The topological polar surface area (TPSA) is 57.7 Å². The molecule has 2 bridgehead atoms. The number of rotatable bonds is 4.